The van der Waals surface area contributed by atoms with Crippen molar-refractivity contribution < 1.29 is 14.1 Å². The normalized spacial score (nSPS) is 26.1. The van der Waals surface area contributed by atoms with Gasteiger partial charge < -0.3 is 19.2 Å². The molecule has 2 aliphatic heterocycles. The van der Waals surface area contributed by atoms with Gasteiger partial charge in [0.25, 0.3) is 11.8 Å². The number of hydrogen-bond donors (Lipinski definition) is 0. The Kier molecular flexibility index (Phi) is 4.60. The number of carbonyl (C=O) groups is 2. The Bertz CT molecular complexity index is 802. The molecule has 0 bridgehead atoms. The van der Waals surface area contributed by atoms with Gasteiger partial charge in [0.1, 0.15) is 11.6 Å². The van der Waals surface area contributed by atoms with Crippen LogP contribution in [0.4, 0.5) is 0 Å². The van der Waals surface area contributed by atoms with Gasteiger partial charge in [-0.1, -0.05) is 18.0 Å². The van der Waals surface area contributed by atoms with Crippen molar-refractivity contribution in [2.75, 3.05) is 33.2 Å². The first-order valence-electron chi connectivity index (χ1n) is 9.48. The highest BCUT2D eigenvalue weighted by atomic mass is 16.5. The van der Waals surface area contributed by atoms with E-state index in [-0.39, 0.29) is 35.1 Å². The highest BCUT2D eigenvalue weighted by molar-refractivity contribution is 5.99. The highest BCUT2D eigenvalue weighted by Crippen LogP contribution is 2.40. The number of hydrogen-bond acceptors (Lipinski definition) is 6. The topological polar surface area (TPSA) is 93.7 Å². The zero-order valence-electron chi connectivity index (χ0n) is 15.4. The SMILES string of the molecule is CN1C(=O)C(C#N)=C(N2CCN(C(=O)c3ccno3)CC2)C2CCCCC21. The molecule has 1 saturated heterocycles. The van der Waals surface area contributed by atoms with Gasteiger partial charge in [-0.25, -0.2) is 0 Å². The minimum Gasteiger partial charge on any atom is -0.370 e. The van der Waals surface area contributed by atoms with E-state index in [9.17, 15) is 14.9 Å². The average molecular weight is 369 g/mol. The van der Waals surface area contributed by atoms with Gasteiger partial charge in [-0.3, -0.25) is 9.59 Å². The zero-order chi connectivity index (χ0) is 19.0. The van der Waals surface area contributed by atoms with Gasteiger partial charge >= 0.3 is 0 Å². The van der Waals surface area contributed by atoms with Crippen LogP contribution in [0.2, 0.25) is 0 Å². The van der Waals surface area contributed by atoms with E-state index in [2.05, 4.69) is 16.1 Å². The van der Waals surface area contributed by atoms with Crippen molar-refractivity contribution in [2.45, 2.75) is 31.7 Å². The van der Waals surface area contributed by atoms with Crippen LogP contribution in [0.25, 0.3) is 0 Å². The average Bonchev–Trinajstić information content (AvgIpc) is 3.25. The van der Waals surface area contributed by atoms with Crippen LogP contribution in [-0.2, 0) is 4.79 Å². The fraction of sp³-hybridized carbons (Fsp3) is 0.579. The first-order valence-corrected chi connectivity index (χ1v) is 9.48. The van der Waals surface area contributed by atoms with E-state index in [4.69, 9.17) is 4.52 Å². The molecule has 1 aromatic rings. The van der Waals surface area contributed by atoms with Crippen LogP contribution in [0, 0.1) is 17.2 Å². The quantitative estimate of drug-likeness (QED) is 0.779. The number of nitrogens with zero attached hydrogens (tertiary/aromatic N) is 5. The van der Waals surface area contributed by atoms with Crippen molar-refractivity contribution in [1.29, 1.82) is 5.26 Å². The maximum absolute atomic E-state index is 12.7. The van der Waals surface area contributed by atoms with Crippen molar-refractivity contribution in [3.63, 3.8) is 0 Å². The number of amides is 2. The number of rotatable bonds is 2. The number of likely N-dealkylation sites (N-methyl/N-ethyl adjacent to an activating group) is 1. The van der Waals surface area contributed by atoms with Crippen LogP contribution in [0.5, 0.6) is 0 Å². The van der Waals surface area contributed by atoms with E-state index < -0.39 is 0 Å². The third-order valence-corrected chi connectivity index (χ3v) is 6.04. The predicted molar refractivity (Wildman–Crippen MR) is 95.1 cm³/mol. The van der Waals surface area contributed by atoms with Gasteiger partial charge in [0.15, 0.2) is 0 Å². The summed E-state index contributed by atoms with van der Waals surface area (Å²) in [5, 5.41) is 13.3. The Hall–Kier alpha value is -2.82. The number of piperazine rings is 1. The van der Waals surface area contributed by atoms with Gasteiger partial charge in [0.2, 0.25) is 5.76 Å². The van der Waals surface area contributed by atoms with Crippen LogP contribution in [0.1, 0.15) is 36.2 Å². The Balaban J connectivity index is 1.55. The molecule has 1 aromatic heterocycles. The number of carbonyl (C=O) groups excluding carboxylic acids is 2. The van der Waals surface area contributed by atoms with Crippen molar-refractivity contribution in [2.24, 2.45) is 5.92 Å². The second-order valence-electron chi connectivity index (χ2n) is 7.40. The highest BCUT2D eigenvalue weighted by Gasteiger charge is 2.43. The molecule has 4 rings (SSSR count). The van der Waals surface area contributed by atoms with E-state index in [1.54, 1.807) is 15.9 Å². The molecule has 1 saturated carbocycles. The standard InChI is InChI=1S/C19H23N5O3/c1-22-15-5-3-2-4-13(15)17(14(12-20)18(22)25)23-8-10-24(11-9-23)19(26)16-6-7-21-27-16/h6-7,13,15H,2-5,8-11H2,1H3. The lowest BCUT2D eigenvalue weighted by Gasteiger charge is -2.48. The molecule has 2 fully saturated rings. The predicted octanol–water partition coefficient (Wildman–Crippen LogP) is 1.24. The molecule has 3 heterocycles. The van der Waals surface area contributed by atoms with Crippen molar-refractivity contribution in [3.05, 3.63) is 29.3 Å². The fourth-order valence-corrected chi connectivity index (χ4v) is 4.65. The largest absolute Gasteiger partial charge is 0.370 e. The van der Waals surface area contributed by atoms with Crippen molar-refractivity contribution in [1.82, 2.24) is 19.9 Å². The molecule has 0 aromatic carbocycles. The lowest BCUT2D eigenvalue weighted by atomic mass is 9.77. The summed E-state index contributed by atoms with van der Waals surface area (Å²) < 4.78 is 4.97. The summed E-state index contributed by atoms with van der Waals surface area (Å²) in [5.41, 5.74) is 1.17. The van der Waals surface area contributed by atoms with Gasteiger partial charge in [-0.05, 0) is 12.8 Å². The van der Waals surface area contributed by atoms with Crippen LogP contribution >= 0.6 is 0 Å². The lowest BCUT2D eigenvalue weighted by Crippen LogP contribution is -2.55. The number of nitriles is 1. The first-order chi connectivity index (χ1) is 13.1. The number of aromatic nitrogens is 1. The Morgan fingerprint density at radius 2 is 2.00 bits per heavy atom. The second-order valence-corrected chi connectivity index (χ2v) is 7.40. The van der Waals surface area contributed by atoms with E-state index in [1.807, 2.05) is 7.05 Å². The molecule has 1 aliphatic carbocycles. The summed E-state index contributed by atoms with van der Waals surface area (Å²) in [6.07, 6.45) is 5.68. The lowest BCUT2D eigenvalue weighted by molar-refractivity contribution is -0.130. The molecule has 2 amide bonds. The molecule has 2 unspecified atom stereocenters. The molecule has 27 heavy (non-hydrogen) atoms. The smallest absolute Gasteiger partial charge is 0.292 e. The second kappa shape index (κ2) is 7.06. The van der Waals surface area contributed by atoms with E-state index in [0.29, 0.717) is 26.2 Å². The van der Waals surface area contributed by atoms with E-state index >= 15 is 0 Å². The summed E-state index contributed by atoms with van der Waals surface area (Å²) in [7, 11) is 1.81. The zero-order valence-corrected chi connectivity index (χ0v) is 15.4. The minimum absolute atomic E-state index is 0.170. The van der Waals surface area contributed by atoms with E-state index in [1.165, 1.54) is 6.20 Å². The van der Waals surface area contributed by atoms with Crippen LogP contribution < -0.4 is 0 Å². The molecular formula is C19H23N5O3. The van der Waals surface area contributed by atoms with Crippen LogP contribution in [0.15, 0.2) is 28.1 Å². The molecule has 8 heteroatoms. The number of fused-ring (bicyclic) bond motifs is 1. The molecule has 3 aliphatic rings. The van der Waals surface area contributed by atoms with Gasteiger partial charge in [-0.15, -0.1) is 0 Å². The van der Waals surface area contributed by atoms with Crippen LogP contribution in [0.3, 0.4) is 0 Å². The molecule has 8 nitrogen and oxygen atoms in total. The summed E-state index contributed by atoms with van der Waals surface area (Å²) in [4.78, 5) is 30.8. The van der Waals surface area contributed by atoms with E-state index in [0.717, 1.165) is 31.4 Å². The minimum atomic E-state index is -0.171. The van der Waals surface area contributed by atoms with Gasteiger partial charge in [-0.2, -0.15) is 5.26 Å². The first kappa shape index (κ1) is 17.6. The third-order valence-electron chi connectivity index (χ3n) is 6.04. The molecule has 0 spiro atoms. The Morgan fingerprint density at radius 1 is 1.26 bits per heavy atom. The maximum atomic E-state index is 12.7. The maximum Gasteiger partial charge on any atom is 0.292 e. The van der Waals surface area contributed by atoms with Crippen molar-refractivity contribution in [3.8, 4) is 6.07 Å². The van der Waals surface area contributed by atoms with Gasteiger partial charge in [0.05, 0.1) is 6.20 Å². The summed E-state index contributed by atoms with van der Waals surface area (Å²) >= 11 is 0. The molecule has 0 N–H and O–H groups in total. The Labute approximate surface area is 158 Å². The summed E-state index contributed by atoms with van der Waals surface area (Å²) in [5.74, 6) is 0.113. The Morgan fingerprint density at radius 3 is 2.67 bits per heavy atom. The summed E-state index contributed by atoms with van der Waals surface area (Å²) in [6, 6.07) is 3.90. The molecular weight excluding hydrogens is 346 g/mol. The molecule has 2 atom stereocenters. The van der Waals surface area contributed by atoms with Gasteiger partial charge in [0, 0.05) is 56.9 Å². The monoisotopic (exact) mass is 369 g/mol. The third kappa shape index (κ3) is 2.97. The van der Waals surface area contributed by atoms with Crippen LogP contribution in [-0.4, -0.2) is 70.9 Å². The summed E-state index contributed by atoms with van der Waals surface area (Å²) in [6.45, 7) is 2.29. The fourth-order valence-electron chi connectivity index (χ4n) is 4.65. The van der Waals surface area contributed by atoms with Crippen molar-refractivity contribution >= 4 is 11.8 Å². The molecule has 142 valence electrons. The molecule has 0 radical (unpaired) electrons.